The van der Waals surface area contributed by atoms with Gasteiger partial charge in [-0.15, -0.1) is 0 Å². The summed E-state index contributed by atoms with van der Waals surface area (Å²) in [6.07, 6.45) is 1.58. The van der Waals surface area contributed by atoms with E-state index in [4.69, 9.17) is 9.47 Å². The number of rotatable bonds is 8. The van der Waals surface area contributed by atoms with Gasteiger partial charge >= 0.3 is 11.7 Å². The summed E-state index contributed by atoms with van der Waals surface area (Å²) in [5.74, 6) is -0.831. The molecule has 1 aliphatic heterocycles. The summed E-state index contributed by atoms with van der Waals surface area (Å²) in [4.78, 5) is 50.1. The number of ether oxygens (including phenoxy) is 3. The molecule has 1 aliphatic rings. The van der Waals surface area contributed by atoms with Crippen LogP contribution < -0.4 is 9.47 Å². The van der Waals surface area contributed by atoms with Crippen LogP contribution in [0.5, 0.6) is 17.2 Å². The molecule has 0 spiro atoms. The molecule has 41 heavy (non-hydrogen) atoms. The fraction of sp³-hybridized carbons (Fsp3) is 0.100. The number of imide groups is 1. The zero-order chi connectivity index (χ0) is 29.1. The van der Waals surface area contributed by atoms with Gasteiger partial charge in [-0.2, -0.15) is 0 Å². The van der Waals surface area contributed by atoms with E-state index in [0.29, 0.717) is 5.56 Å². The number of methoxy groups -OCH3 is 2. The average molecular weight is 571 g/mol. The van der Waals surface area contributed by atoms with E-state index in [0.717, 1.165) is 34.2 Å². The summed E-state index contributed by atoms with van der Waals surface area (Å²) in [5.41, 5.74) is 0.992. The number of nitro groups is 1. The number of nitro benzene ring substituents is 1. The minimum atomic E-state index is -0.719. The van der Waals surface area contributed by atoms with Gasteiger partial charge in [0.05, 0.1) is 36.2 Å². The van der Waals surface area contributed by atoms with E-state index >= 15 is 0 Å². The van der Waals surface area contributed by atoms with Crippen LogP contribution in [0.2, 0.25) is 0 Å². The fourth-order valence-corrected chi connectivity index (χ4v) is 5.19. The Kier molecular flexibility index (Phi) is 7.70. The van der Waals surface area contributed by atoms with Gasteiger partial charge in [-0.3, -0.25) is 24.6 Å². The first-order valence-corrected chi connectivity index (χ1v) is 13.1. The maximum atomic E-state index is 13.2. The van der Waals surface area contributed by atoms with Gasteiger partial charge in [-0.05, 0) is 64.0 Å². The number of carbonyl (C=O) groups is 3. The predicted molar refractivity (Wildman–Crippen MR) is 153 cm³/mol. The van der Waals surface area contributed by atoms with Crippen LogP contribution in [0, 0.1) is 10.1 Å². The first-order valence-electron chi connectivity index (χ1n) is 12.2. The second-order valence-corrected chi connectivity index (χ2v) is 9.84. The Morgan fingerprint density at radius 3 is 2.46 bits per heavy atom. The van der Waals surface area contributed by atoms with E-state index in [1.807, 2.05) is 42.5 Å². The summed E-state index contributed by atoms with van der Waals surface area (Å²) in [5, 5.41) is 13.2. The van der Waals surface area contributed by atoms with Gasteiger partial charge in [0, 0.05) is 6.07 Å². The highest BCUT2D eigenvalue weighted by Crippen LogP contribution is 2.39. The Bertz CT molecular complexity index is 1740. The number of nitrogens with zero attached hydrogens (tertiary/aromatic N) is 2. The van der Waals surface area contributed by atoms with Crippen molar-refractivity contribution in [2.75, 3.05) is 14.2 Å². The summed E-state index contributed by atoms with van der Waals surface area (Å²) in [6.45, 7) is 0.146. The lowest BCUT2D eigenvalue weighted by atomic mass is 10.0. The molecular weight excluding hydrogens is 548 g/mol. The standard InChI is InChI=1S/C30H22N2O8S/c1-38-26-14-18(10-12-25(26)40-24-13-11-20(29(34)39-2)16-23(24)32(36)37)15-27-28(33)31(30(35)41-27)17-21-8-5-7-19-6-3-4-9-22(19)21/h3-16H,17H2,1-2H3/b27-15-. The number of carbonyl (C=O) groups excluding carboxylic acids is 3. The largest absolute Gasteiger partial charge is 0.493 e. The van der Waals surface area contributed by atoms with E-state index in [-0.39, 0.29) is 39.5 Å². The van der Waals surface area contributed by atoms with Crippen LogP contribution >= 0.6 is 11.8 Å². The Morgan fingerprint density at radius 1 is 0.951 bits per heavy atom. The van der Waals surface area contributed by atoms with Crippen LogP contribution in [0.15, 0.2) is 83.8 Å². The summed E-state index contributed by atoms with van der Waals surface area (Å²) < 4.78 is 15.8. The summed E-state index contributed by atoms with van der Waals surface area (Å²) in [6, 6.07) is 22.0. The Hall–Kier alpha value is -5.16. The minimum absolute atomic E-state index is 0.00302. The van der Waals surface area contributed by atoms with Crippen molar-refractivity contribution in [3.63, 3.8) is 0 Å². The van der Waals surface area contributed by atoms with Crippen LogP contribution in [-0.2, 0) is 16.1 Å². The van der Waals surface area contributed by atoms with E-state index in [1.54, 1.807) is 18.2 Å². The molecule has 0 unspecified atom stereocenters. The van der Waals surface area contributed by atoms with Gasteiger partial charge in [0.15, 0.2) is 11.5 Å². The lowest BCUT2D eigenvalue weighted by molar-refractivity contribution is -0.385. The molecule has 0 aromatic heterocycles. The molecule has 4 aromatic rings. The Morgan fingerprint density at radius 2 is 1.71 bits per heavy atom. The van der Waals surface area contributed by atoms with Crippen molar-refractivity contribution in [1.82, 2.24) is 4.90 Å². The van der Waals surface area contributed by atoms with E-state index < -0.39 is 22.5 Å². The van der Waals surface area contributed by atoms with Gasteiger partial charge in [0.25, 0.3) is 11.1 Å². The van der Waals surface area contributed by atoms with Crippen molar-refractivity contribution < 1.29 is 33.5 Å². The van der Waals surface area contributed by atoms with Crippen molar-refractivity contribution >= 4 is 51.4 Å². The monoisotopic (exact) mass is 570 g/mol. The second-order valence-electron chi connectivity index (χ2n) is 8.85. The highest BCUT2D eigenvalue weighted by Gasteiger charge is 2.35. The van der Waals surface area contributed by atoms with E-state index in [2.05, 4.69) is 4.74 Å². The van der Waals surface area contributed by atoms with Crippen LogP contribution in [0.3, 0.4) is 0 Å². The minimum Gasteiger partial charge on any atom is -0.493 e. The Labute approximate surface area is 238 Å². The topological polar surface area (TPSA) is 125 Å². The molecule has 4 aromatic carbocycles. The van der Waals surface area contributed by atoms with Gasteiger partial charge < -0.3 is 14.2 Å². The Balaban J connectivity index is 1.38. The number of fused-ring (bicyclic) bond motifs is 1. The van der Waals surface area contributed by atoms with Crippen molar-refractivity contribution in [3.8, 4) is 17.2 Å². The number of benzene rings is 4. The molecule has 0 N–H and O–H groups in total. The second kappa shape index (κ2) is 11.5. The zero-order valence-electron chi connectivity index (χ0n) is 21.9. The first kappa shape index (κ1) is 27.4. The maximum Gasteiger partial charge on any atom is 0.338 e. The third-order valence-electron chi connectivity index (χ3n) is 6.36. The quantitative estimate of drug-likeness (QED) is 0.100. The average Bonchev–Trinajstić information content (AvgIpc) is 3.24. The highest BCUT2D eigenvalue weighted by molar-refractivity contribution is 8.18. The molecule has 11 heteroatoms. The van der Waals surface area contributed by atoms with Crippen molar-refractivity contribution in [2.45, 2.75) is 6.54 Å². The maximum absolute atomic E-state index is 13.2. The van der Waals surface area contributed by atoms with E-state index in [9.17, 15) is 24.5 Å². The van der Waals surface area contributed by atoms with Crippen molar-refractivity contribution in [1.29, 1.82) is 0 Å². The lowest BCUT2D eigenvalue weighted by Crippen LogP contribution is -2.27. The lowest BCUT2D eigenvalue weighted by Gasteiger charge is -2.14. The number of hydrogen-bond acceptors (Lipinski definition) is 9. The molecule has 2 amide bonds. The molecule has 0 atom stereocenters. The first-order chi connectivity index (χ1) is 19.8. The predicted octanol–water partition coefficient (Wildman–Crippen LogP) is 6.57. The van der Waals surface area contributed by atoms with Crippen LogP contribution in [-0.4, -0.2) is 41.2 Å². The van der Waals surface area contributed by atoms with Crippen LogP contribution in [0.25, 0.3) is 16.8 Å². The zero-order valence-corrected chi connectivity index (χ0v) is 22.7. The van der Waals surface area contributed by atoms with Crippen molar-refractivity contribution in [2.24, 2.45) is 0 Å². The SMILES string of the molecule is COC(=O)c1ccc(Oc2ccc(/C=C3\SC(=O)N(Cc4cccc5ccccc45)C3=O)cc2OC)c([N+](=O)[O-])c1. The van der Waals surface area contributed by atoms with Gasteiger partial charge in [-0.25, -0.2) is 4.79 Å². The molecule has 0 bridgehead atoms. The normalized spacial score (nSPS) is 14.0. The number of esters is 1. The fourth-order valence-electron chi connectivity index (χ4n) is 4.36. The number of thioether (sulfide) groups is 1. The highest BCUT2D eigenvalue weighted by atomic mass is 32.2. The third-order valence-corrected chi connectivity index (χ3v) is 7.27. The van der Waals surface area contributed by atoms with Crippen LogP contribution in [0.1, 0.15) is 21.5 Å². The molecule has 10 nitrogen and oxygen atoms in total. The van der Waals surface area contributed by atoms with E-state index in [1.165, 1.54) is 37.3 Å². The summed E-state index contributed by atoms with van der Waals surface area (Å²) in [7, 11) is 2.58. The summed E-state index contributed by atoms with van der Waals surface area (Å²) >= 11 is 0.846. The molecule has 0 saturated carbocycles. The molecule has 0 radical (unpaired) electrons. The number of hydrogen-bond donors (Lipinski definition) is 0. The number of amides is 2. The van der Waals surface area contributed by atoms with Gasteiger partial charge in [0.2, 0.25) is 5.75 Å². The third kappa shape index (κ3) is 5.61. The molecule has 1 heterocycles. The molecular formula is C30H22N2O8S. The van der Waals surface area contributed by atoms with Gasteiger partial charge in [-0.1, -0.05) is 48.5 Å². The van der Waals surface area contributed by atoms with Crippen molar-refractivity contribution in [3.05, 3.63) is 111 Å². The molecule has 0 aliphatic carbocycles. The van der Waals surface area contributed by atoms with Gasteiger partial charge in [0.1, 0.15) is 0 Å². The van der Waals surface area contributed by atoms with Crippen LogP contribution in [0.4, 0.5) is 10.5 Å². The molecule has 1 fully saturated rings. The smallest absolute Gasteiger partial charge is 0.338 e. The molecule has 5 rings (SSSR count). The molecule has 206 valence electrons. The molecule has 1 saturated heterocycles.